The zero-order valence-electron chi connectivity index (χ0n) is 10.6. The highest BCUT2D eigenvalue weighted by molar-refractivity contribution is 7.89. The third-order valence-corrected chi connectivity index (χ3v) is 4.35. The number of aliphatic hydroxyl groups excluding tert-OH is 1. The number of aliphatic hydroxyl groups is 1. The second-order valence-corrected chi connectivity index (χ2v) is 6.23. The van der Waals surface area contributed by atoms with Crippen LogP contribution in [0.4, 0.5) is 0 Å². The zero-order chi connectivity index (χ0) is 13.9. The van der Waals surface area contributed by atoms with E-state index in [2.05, 4.69) is 9.71 Å². The predicted molar refractivity (Wildman–Crippen MR) is 73.2 cm³/mol. The van der Waals surface area contributed by atoms with Gasteiger partial charge >= 0.3 is 0 Å². The summed E-state index contributed by atoms with van der Waals surface area (Å²) in [4.78, 5) is 4.21. The Balaban J connectivity index is 2.38. The van der Waals surface area contributed by atoms with Gasteiger partial charge in [0.15, 0.2) is 0 Å². The first kappa shape index (κ1) is 13.9. The highest BCUT2D eigenvalue weighted by Gasteiger charge is 2.17. The molecule has 0 spiro atoms. The van der Waals surface area contributed by atoms with Crippen LogP contribution >= 0.6 is 0 Å². The second-order valence-electron chi connectivity index (χ2n) is 4.49. The fourth-order valence-electron chi connectivity index (χ4n) is 1.72. The molecule has 0 aliphatic carbocycles. The molecule has 0 radical (unpaired) electrons. The maximum absolute atomic E-state index is 12.3. The minimum Gasteiger partial charge on any atom is -0.396 e. The van der Waals surface area contributed by atoms with Crippen molar-refractivity contribution in [2.24, 2.45) is 5.92 Å². The monoisotopic (exact) mass is 280 g/mol. The predicted octanol–water partition coefficient (Wildman–Crippen LogP) is 1.14. The molecular weight excluding hydrogens is 264 g/mol. The molecule has 1 aromatic carbocycles. The quantitative estimate of drug-likeness (QED) is 0.861. The van der Waals surface area contributed by atoms with E-state index in [0.717, 1.165) is 5.39 Å². The first-order valence-corrected chi connectivity index (χ1v) is 7.46. The summed E-state index contributed by atoms with van der Waals surface area (Å²) in [6.07, 6.45) is 3.20. The molecule has 0 aliphatic rings. The van der Waals surface area contributed by atoms with Crippen molar-refractivity contribution in [2.75, 3.05) is 13.2 Å². The summed E-state index contributed by atoms with van der Waals surface area (Å²) in [5.41, 5.74) is 0. The fourth-order valence-corrected chi connectivity index (χ4v) is 3.11. The van der Waals surface area contributed by atoms with Crippen molar-refractivity contribution in [1.82, 2.24) is 9.71 Å². The van der Waals surface area contributed by atoms with Crippen molar-refractivity contribution in [1.29, 1.82) is 0 Å². The number of nitrogens with zero attached hydrogens (tertiary/aromatic N) is 1. The van der Waals surface area contributed by atoms with Crippen LogP contribution in [0.2, 0.25) is 0 Å². The number of rotatable bonds is 5. The average Bonchev–Trinajstić information content (AvgIpc) is 2.44. The van der Waals surface area contributed by atoms with Gasteiger partial charge in [-0.05, 0) is 18.1 Å². The van der Waals surface area contributed by atoms with Gasteiger partial charge in [0.25, 0.3) is 0 Å². The van der Waals surface area contributed by atoms with Gasteiger partial charge in [0.2, 0.25) is 10.0 Å². The van der Waals surface area contributed by atoms with E-state index in [4.69, 9.17) is 5.11 Å². The molecule has 2 aromatic rings. The highest BCUT2D eigenvalue weighted by Crippen LogP contribution is 2.21. The fraction of sp³-hybridized carbons (Fsp3) is 0.308. The molecule has 1 heterocycles. The average molecular weight is 280 g/mol. The first-order valence-electron chi connectivity index (χ1n) is 5.98. The van der Waals surface area contributed by atoms with E-state index in [-0.39, 0.29) is 24.0 Å². The molecule has 0 amide bonds. The number of hydrogen-bond donors (Lipinski definition) is 2. The van der Waals surface area contributed by atoms with Gasteiger partial charge in [0.1, 0.15) is 0 Å². The minimum atomic E-state index is -3.58. The lowest BCUT2D eigenvalue weighted by Gasteiger charge is -2.12. The Kier molecular flexibility index (Phi) is 4.14. The molecule has 0 bridgehead atoms. The summed E-state index contributed by atoms with van der Waals surface area (Å²) in [6, 6.07) is 6.75. The van der Waals surface area contributed by atoms with Crippen LogP contribution in [0.1, 0.15) is 6.92 Å². The van der Waals surface area contributed by atoms with Gasteiger partial charge in [-0.3, -0.25) is 4.98 Å². The molecule has 0 fully saturated rings. The third kappa shape index (κ3) is 3.09. The lowest BCUT2D eigenvalue weighted by atomic mass is 10.2. The van der Waals surface area contributed by atoms with Crippen LogP contribution in [-0.2, 0) is 10.0 Å². The van der Waals surface area contributed by atoms with E-state index >= 15 is 0 Å². The van der Waals surface area contributed by atoms with Crippen LogP contribution in [0.25, 0.3) is 10.8 Å². The molecular formula is C13H16N2O3S. The highest BCUT2D eigenvalue weighted by atomic mass is 32.2. The molecule has 1 atom stereocenters. The van der Waals surface area contributed by atoms with Crippen molar-refractivity contribution < 1.29 is 13.5 Å². The van der Waals surface area contributed by atoms with E-state index in [1.165, 1.54) is 0 Å². The second kappa shape index (κ2) is 5.64. The Morgan fingerprint density at radius 1 is 1.37 bits per heavy atom. The topological polar surface area (TPSA) is 79.3 Å². The molecule has 2 N–H and O–H groups in total. The van der Waals surface area contributed by atoms with Gasteiger partial charge in [-0.2, -0.15) is 0 Å². The minimum absolute atomic E-state index is 0.0536. The van der Waals surface area contributed by atoms with Gasteiger partial charge in [-0.25, -0.2) is 13.1 Å². The van der Waals surface area contributed by atoms with Crippen LogP contribution in [-0.4, -0.2) is 31.7 Å². The van der Waals surface area contributed by atoms with Crippen molar-refractivity contribution in [2.45, 2.75) is 11.8 Å². The Labute approximate surface area is 112 Å². The normalized spacial score (nSPS) is 13.6. The van der Waals surface area contributed by atoms with E-state index in [9.17, 15) is 8.42 Å². The number of sulfonamides is 1. The van der Waals surface area contributed by atoms with Gasteiger partial charge < -0.3 is 5.11 Å². The lowest BCUT2D eigenvalue weighted by molar-refractivity contribution is 0.238. The van der Waals surface area contributed by atoms with E-state index in [0.29, 0.717) is 5.39 Å². The zero-order valence-corrected chi connectivity index (χ0v) is 11.4. The molecule has 102 valence electrons. The smallest absolute Gasteiger partial charge is 0.241 e. The molecule has 0 saturated heterocycles. The summed E-state index contributed by atoms with van der Waals surface area (Å²) in [5, 5.41) is 10.3. The molecule has 1 unspecified atom stereocenters. The lowest BCUT2D eigenvalue weighted by Crippen LogP contribution is -2.29. The summed E-state index contributed by atoms with van der Waals surface area (Å²) in [7, 11) is -3.58. The van der Waals surface area contributed by atoms with Crippen molar-refractivity contribution in [3.8, 4) is 0 Å². The van der Waals surface area contributed by atoms with Crippen LogP contribution in [0.15, 0.2) is 41.6 Å². The van der Waals surface area contributed by atoms with Crippen molar-refractivity contribution in [3.63, 3.8) is 0 Å². The molecule has 2 rings (SSSR count). The SMILES string of the molecule is CC(CO)CNS(=O)(=O)c1cccc2cnccc12. The van der Waals surface area contributed by atoms with E-state index in [1.54, 1.807) is 37.5 Å². The third-order valence-electron chi connectivity index (χ3n) is 2.86. The van der Waals surface area contributed by atoms with Crippen LogP contribution < -0.4 is 4.72 Å². The summed E-state index contributed by atoms with van der Waals surface area (Å²) < 4.78 is 27.0. The molecule has 0 aliphatic heterocycles. The van der Waals surface area contributed by atoms with Gasteiger partial charge in [-0.1, -0.05) is 19.1 Å². The maximum Gasteiger partial charge on any atom is 0.241 e. The summed E-state index contributed by atoms with van der Waals surface area (Å²) in [5.74, 6) is -0.119. The molecule has 19 heavy (non-hydrogen) atoms. The van der Waals surface area contributed by atoms with Gasteiger partial charge in [0, 0.05) is 36.3 Å². The number of pyridine rings is 1. The number of hydrogen-bond acceptors (Lipinski definition) is 4. The standard InChI is InChI=1S/C13H16N2O3S/c1-10(9-16)7-15-19(17,18)13-4-2-3-11-8-14-6-5-12(11)13/h2-6,8,10,15-16H,7,9H2,1H3. The van der Waals surface area contributed by atoms with E-state index < -0.39 is 10.0 Å². The number of nitrogens with one attached hydrogen (secondary N) is 1. The Bertz CT molecular complexity index is 665. The van der Waals surface area contributed by atoms with Gasteiger partial charge in [-0.15, -0.1) is 0 Å². The molecule has 5 nitrogen and oxygen atoms in total. The van der Waals surface area contributed by atoms with Crippen LogP contribution in [0, 0.1) is 5.92 Å². The number of benzene rings is 1. The maximum atomic E-state index is 12.3. The Hall–Kier alpha value is -1.50. The summed E-state index contributed by atoms with van der Waals surface area (Å²) in [6.45, 7) is 1.93. The molecule has 6 heteroatoms. The van der Waals surface area contributed by atoms with Crippen LogP contribution in [0.5, 0.6) is 0 Å². The van der Waals surface area contributed by atoms with E-state index in [1.807, 2.05) is 6.07 Å². The molecule has 1 aromatic heterocycles. The van der Waals surface area contributed by atoms with Crippen molar-refractivity contribution in [3.05, 3.63) is 36.7 Å². The largest absolute Gasteiger partial charge is 0.396 e. The van der Waals surface area contributed by atoms with Crippen molar-refractivity contribution >= 4 is 20.8 Å². The first-order chi connectivity index (χ1) is 9.04. The Morgan fingerprint density at radius 3 is 2.89 bits per heavy atom. The Morgan fingerprint density at radius 2 is 2.16 bits per heavy atom. The van der Waals surface area contributed by atoms with Gasteiger partial charge in [0.05, 0.1) is 4.90 Å². The molecule has 0 saturated carbocycles. The number of fused-ring (bicyclic) bond motifs is 1. The van der Waals surface area contributed by atoms with Crippen LogP contribution in [0.3, 0.4) is 0 Å². The summed E-state index contributed by atoms with van der Waals surface area (Å²) >= 11 is 0. The number of aromatic nitrogens is 1.